The summed E-state index contributed by atoms with van der Waals surface area (Å²) in [6.45, 7) is 3.74. The molecule has 1 heterocycles. The number of methoxy groups -OCH3 is 1. The lowest BCUT2D eigenvalue weighted by molar-refractivity contribution is -0.143. The van der Waals surface area contributed by atoms with Crippen molar-refractivity contribution in [1.82, 2.24) is 9.97 Å². The summed E-state index contributed by atoms with van der Waals surface area (Å²) < 4.78 is 43.2. The third kappa shape index (κ3) is 7.31. The molecule has 0 saturated heterocycles. The molecule has 9 nitrogen and oxygen atoms in total. The van der Waals surface area contributed by atoms with E-state index < -0.39 is 34.0 Å². The van der Waals surface area contributed by atoms with Gasteiger partial charge in [0.25, 0.3) is 0 Å². The molecular weight excluding hydrogens is 465 g/mol. The Morgan fingerprint density at radius 1 is 1.21 bits per heavy atom. The number of hydrogen-bond acceptors (Lipinski definition) is 8. The fourth-order valence-corrected chi connectivity index (χ4v) is 3.50. The van der Waals surface area contributed by atoms with Crippen LogP contribution in [0.25, 0.3) is 17.3 Å². The van der Waals surface area contributed by atoms with Crippen molar-refractivity contribution in [2.24, 2.45) is 0 Å². The molecule has 1 unspecified atom stereocenters. The number of esters is 1. The number of aliphatic hydroxyl groups excluding tert-OH is 2. The van der Waals surface area contributed by atoms with E-state index in [1.807, 2.05) is 13.8 Å². The third-order valence-electron chi connectivity index (χ3n) is 5.04. The summed E-state index contributed by atoms with van der Waals surface area (Å²) in [5.41, 5.74) is 1.89. The average Bonchev–Trinajstić information content (AvgIpc) is 2.76. The van der Waals surface area contributed by atoms with Gasteiger partial charge in [-0.15, -0.1) is 0 Å². The molecule has 0 bridgehead atoms. The van der Waals surface area contributed by atoms with Gasteiger partial charge < -0.3 is 14.9 Å². The van der Waals surface area contributed by atoms with E-state index in [1.165, 1.54) is 44.5 Å². The Bertz CT molecular complexity index is 1140. The molecule has 34 heavy (non-hydrogen) atoms. The van der Waals surface area contributed by atoms with Crippen molar-refractivity contribution in [2.45, 2.75) is 44.8 Å². The molecule has 0 aliphatic rings. The first-order chi connectivity index (χ1) is 15.8. The van der Waals surface area contributed by atoms with Gasteiger partial charge >= 0.3 is 5.97 Å². The highest BCUT2D eigenvalue weighted by Crippen LogP contribution is 2.31. The van der Waals surface area contributed by atoms with Crippen molar-refractivity contribution in [3.05, 3.63) is 47.4 Å². The van der Waals surface area contributed by atoms with Gasteiger partial charge in [0.2, 0.25) is 16.0 Å². The highest BCUT2D eigenvalue weighted by Gasteiger charge is 2.22. The first-order valence-electron chi connectivity index (χ1n) is 10.6. The molecule has 2 rings (SSSR count). The highest BCUT2D eigenvalue weighted by atomic mass is 32.2. The quantitative estimate of drug-likeness (QED) is 0.481. The van der Waals surface area contributed by atoms with Crippen LogP contribution in [0.15, 0.2) is 30.3 Å². The number of rotatable bonds is 10. The Balaban J connectivity index is 2.57. The number of ether oxygens (including phenoxy) is 1. The smallest absolute Gasteiger partial charge is 0.308 e. The predicted octanol–water partition coefficient (Wildman–Crippen LogP) is 2.49. The van der Waals surface area contributed by atoms with Gasteiger partial charge in [-0.25, -0.2) is 27.1 Å². The summed E-state index contributed by atoms with van der Waals surface area (Å²) in [6.07, 6.45) is 1.48. The minimum Gasteiger partial charge on any atom is -0.469 e. The van der Waals surface area contributed by atoms with Crippen LogP contribution in [0.4, 0.5) is 10.3 Å². The van der Waals surface area contributed by atoms with Crippen LogP contribution in [0, 0.1) is 5.82 Å². The number of aliphatic hydroxyl groups is 2. The summed E-state index contributed by atoms with van der Waals surface area (Å²) in [4.78, 5) is 20.2. The van der Waals surface area contributed by atoms with E-state index in [4.69, 9.17) is 0 Å². The van der Waals surface area contributed by atoms with Gasteiger partial charge in [-0.2, -0.15) is 0 Å². The maximum atomic E-state index is 13.5. The second-order valence-corrected chi connectivity index (χ2v) is 10.2. The van der Waals surface area contributed by atoms with Crippen molar-refractivity contribution in [3.63, 3.8) is 0 Å². The first-order valence-corrected chi connectivity index (χ1v) is 12.4. The lowest BCUT2D eigenvalue weighted by Gasteiger charge is -2.20. The number of anilines is 1. The number of carbonyl (C=O) groups is 1. The Morgan fingerprint density at radius 2 is 1.82 bits per heavy atom. The molecule has 0 aliphatic carbocycles. The Hall–Kier alpha value is -2.89. The lowest BCUT2D eigenvalue weighted by Crippen LogP contribution is -2.27. The van der Waals surface area contributed by atoms with E-state index >= 15 is 0 Å². The lowest BCUT2D eigenvalue weighted by atomic mass is 9.97. The zero-order valence-electron chi connectivity index (χ0n) is 19.8. The molecule has 1 aromatic carbocycles. The fourth-order valence-electron chi connectivity index (χ4n) is 3.12. The van der Waals surface area contributed by atoms with Crippen LogP contribution in [0.2, 0.25) is 0 Å². The number of benzene rings is 1. The number of hydrogen-bond donors (Lipinski definition) is 2. The van der Waals surface area contributed by atoms with Gasteiger partial charge in [-0.3, -0.25) is 4.79 Å². The molecule has 2 N–H and O–H groups in total. The molecule has 186 valence electrons. The van der Waals surface area contributed by atoms with Crippen LogP contribution in [0.1, 0.15) is 43.9 Å². The monoisotopic (exact) mass is 495 g/mol. The fraction of sp³-hybridized carbons (Fsp3) is 0.435. The molecule has 0 fully saturated rings. The van der Waals surface area contributed by atoms with E-state index in [1.54, 1.807) is 6.08 Å². The Morgan fingerprint density at radius 3 is 2.35 bits per heavy atom. The number of aromatic nitrogens is 2. The molecule has 0 spiro atoms. The summed E-state index contributed by atoms with van der Waals surface area (Å²) >= 11 is 0. The zero-order valence-corrected chi connectivity index (χ0v) is 20.6. The Kier molecular flexibility index (Phi) is 9.25. The van der Waals surface area contributed by atoms with E-state index in [9.17, 15) is 27.8 Å². The van der Waals surface area contributed by atoms with Crippen LogP contribution < -0.4 is 4.31 Å². The van der Waals surface area contributed by atoms with Crippen molar-refractivity contribution >= 4 is 28.0 Å². The standard InChI is InChI=1S/C23H30FN3O6S/c1-14(2)21-19(11-10-17(28)12-18(29)13-20(30)33-4)22(15-6-8-16(24)9-7-15)26-23(25-21)27(3)34(5,31)32/h6-11,14,17-18,28-29H,12-13H2,1-5H3/b11-10+/t17-,18?/m1/s1. The number of carbonyl (C=O) groups excluding carboxylic acids is 1. The second kappa shape index (κ2) is 11.5. The summed E-state index contributed by atoms with van der Waals surface area (Å²) in [5, 5.41) is 20.3. The largest absolute Gasteiger partial charge is 0.469 e. The summed E-state index contributed by atoms with van der Waals surface area (Å²) in [5.74, 6) is -1.24. The molecule has 2 atom stereocenters. The number of sulfonamides is 1. The van der Waals surface area contributed by atoms with Crippen molar-refractivity contribution in [2.75, 3.05) is 24.7 Å². The highest BCUT2D eigenvalue weighted by molar-refractivity contribution is 7.92. The van der Waals surface area contributed by atoms with Crippen molar-refractivity contribution < 1.29 is 32.6 Å². The minimum atomic E-state index is -3.64. The van der Waals surface area contributed by atoms with Crippen molar-refractivity contribution in [1.29, 1.82) is 0 Å². The molecule has 1 aromatic heterocycles. The van der Waals surface area contributed by atoms with E-state index in [-0.39, 0.29) is 24.7 Å². The van der Waals surface area contributed by atoms with Gasteiger partial charge in [0.15, 0.2) is 0 Å². The van der Waals surface area contributed by atoms with Crippen LogP contribution in [0.3, 0.4) is 0 Å². The van der Waals surface area contributed by atoms with Crippen LogP contribution in [-0.4, -0.2) is 67.2 Å². The average molecular weight is 496 g/mol. The third-order valence-corrected chi connectivity index (χ3v) is 6.19. The maximum absolute atomic E-state index is 13.5. The topological polar surface area (TPSA) is 130 Å². The molecule has 2 aromatic rings. The SMILES string of the molecule is COC(=O)CC(O)C[C@H](O)/C=C/c1c(-c2ccc(F)cc2)nc(N(C)S(C)(=O)=O)nc1C(C)C. The molecule has 11 heteroatoms. The zero-order chi connectivity index (χ0) is 25.6. The minimum absolute atomic E-state index is 0.0447. The normalized spacial score (nSPS) is 13.8. The summed E-state index contributed by atoms with van der Waals surface area (Å²) in [6, 6.07) is 5.55. The maximum Gasteiger partial charge on any atom is 0.308 e. The van der Waals surface area contributed by atoms with E-state index in [2.05, 4.69) is 14.7 Å². The van der Waals surface area contributed by atoms with Gasteiger partial charge in [0.05, 0.1) is 43.4 Å². The predicted molar refractivity (Wildman–Crippen MR) is 127 cm³/mol. The molecule has 0 amide bonds. The summed E-state index contributed by atoms with van der Waals surface area (Å²) in [7, 11) is -1.10. The van der Waals surface area contributed by atoms with Crippen LogP contribution in [0.5, 0.6) is 0 Å². The van der Waals surface area contributed by atoms with Gasteiger partial charge in [-0.1, -0.05) is 26.0 Å². The molecule has 0 saturated carbocycles. The Labute approximate surface area is 199 Å². The van der Waals surface area contributed by atoms with Crippen LogP contribution >= 0.6 is 0 Å². The molecule has 0 radical (unpaired) electrons. The van der Waals surface area contributed by atoms with Crippen LogP contribution in [-0.2, 0) is 19.6 Å². The molecular formula is C23H30FN3O6S. The van der Waals surface area contributed by atoms with E-state index in [0.29, 0.717) is 22.5 Å². The van der Waals surface area contributed by atoms with Crippen molar-refractivity contribution in [3.8, 4) is 11.3 Å². The van der Waals surface area contributed by atoms with Gasteiger partial charge in [0.1, 0.15) is 5.82 Å². The van der Waals surface area contributed by atoms with Gasteiger partial charge in [-0.05, 0) is 30.2 Å². The van der Waals surface area contributed by atoms with Gasteiger partial charge in [0, 0.05) is 24.6 Å². The molecule has 0 aliphatic heterocycles. The number of halogens is 1. The van der Waals surface area contributed by atoms with E-state index in [0.717, 1.165) is 10.6 Å². The first kappa shape index (κ1) is 27.4. The second-order valence-electron chi connectivity index (χ2n) is 8.16. The number of nitrogens with zero attached hydrogens (tertiary/aromatic N) is 3.